The Labute approximate surface area is 153 Å². The molecule has 0 bridgehead atoms. The molecule has 0 aliphatic rings. The molecule has 128 valence electrons. The molecule has 1 aromatic heterocycles. The largest absolute Gasteiger partial charge is 0.497 e. The van der Waals surface area contributed by atoms with Crippen LogP contribution in [0.4, 0.5) is 0 Å². The summed E-state index contributed by atoms with van der Waals surface area (Å²) in [6.45, 7) is 0. The molecular weight excluding hydrogens is 362 g/mol. The van der Waals surface area contributed by atoms with E-state index in [4.69, 9.17) is 26.2 Å². The van der Waals surface area contributed by atoms with Gasteiger partial charge in [0, 0.05) is 10.6 Å². The van der Waals surface area contributed by atoms with Gasteiger partial charge in [0.2, 0.25) is 5.06 Å². The highest BCUT2D eigenvalue weighted by Crippen LogP contribution is 2.37. The molecule has 0 aliphatic carbocycles. The number of hydrogen-bond acceptors (Lipinski definition) is 5. The Hall–Kier alpha value is -2.57. The van der Waals surface area contributed by atoms with E-state index >= 15 is 0 Å². The number of benzene rings is 2. The van der Waals surface area contributed by atoms with Crippen LogP contribution >= 0.6 is 22.9 Å². The molecule has 3 rings (SSSR count). The molecule has 25 heavy (non-hydrogen) atoms. The highest BCUT2D eigenvalue weighted by molar-refractivity contribution is 7.17. The number of aromatic nitrogens is 1. The van der Waals surface area contributed by atoms with Crippen molar-refractivity contribution >= 4 is 28.9 Å². The number of ether oxygens (including phenoxy) is 2. The van der Waals surface area contributed by atoms with Crippen LogP contribution in [0.2, 0.25) is 5.02 Å². The van der Waals surface area contributed by atoms with Crippen LogP contribution in [0.15, 0.2) is 48.5 Å². The SMILES string of the molecule is COc1ccc(Oc2sc(-c3ccc(Cl)cc3)nc2CC(=O)O)cc1. The molecule has 5 nitrogen and oxygen atoms in total. The number of halogens is 1. The van der Waals surface area contributed by atoms with Gasteiger partial charge in [-0.05, 0) is 36.4 Å². The van der Waals surface area contributed by atoms with Crippen LogP contribution in [0.1, 0.15) is 5.69 Å². The van der Waals surface area contributed by atoms with Crippen LogP contribution in [0.3, 0.4) is 0 Å². The molecule has 1 heterocycles. The van der Waals surface area contributed by atoms with E-state index in [1.54, 1.807) is 43.5 Å². The quantitative estimate of drug-likeness (QED) is 0.664. The second-order valence-electron chi connectivity index (χ2n) is 5.11. The maximum absolute atomic E-state index is 11.1. The van der Waals surface area contributed by atoms with E-state index < -0.39 is 5.97 Å². The zero-order chi connectivity index (χ0) is 17.8. The predicted molar refractivity (Wildman–Crippen MR) is 97.0 cm³/mol. The van der Waals surface area contributed by atoms with Crippen LogP contribution < -0.4 is 9.47 Å². The van der Waals surface area contributed by atoms with Crippen LogP contribution in [0.5, 0.6) is 16.6 Å². The first-order valence-electron chi connectivity index (χ1n) is 7.34. The number of rotatable bonds is 6. The number of methoxy groups -OCH3 is 1. The second kappa shape index (κ2) is 7.55. The zero-order valence-electron chi connectivity index (χ0n) is 13.2. The van der Waals surface area contributed by atoms with Crippen molar-refractivity contribution in [2.45, 2.75) is 6.42 Å². The van der Waals surface area contributed by atoms with Crippen LogP contribution in [0, 0.1) is 0 Å². The smallest absolute Gasteiger partial charge is 0.309 e. The van der Waals surface area contributed by atoms with Crippen molar-refractivity contribution in [2.75, 3.05) is 7.11 Å². The Morgan fingerprint density at radius 1 is 1.12 bits per heavy atom. The van der Waals surface area contributed by atoms with Gasteiger partial charge in [-0.3, -0.25) is 4.79 Å². The van der Waals surface area contributed by atoms with Gasteiger partial charge in [0.05, 0.1) is 13.5 Å². The van der Waals surface area contributed by atoms with E-state index in [1.807, 2.05) is 12.1 Å². The molecule has 2 aromatic carbocycles. The third-order valence-electron chi connectivity index (χ3n) is 3.34. The first-order valence-corrected chi connectivity index (χ1v) is 8.54. The first kappa shape index (κ1) is 17.3. The van der Waals surface area contributed by atoms with Gasteiger partial charge in [0.1, 0.15) is 22.2 Å². The molecular formula is C18H14ClNO4S. The number of nitrogens with zero attached hydrogens (tertiary/aromatic N) is 1. The fourth-order valence-electron chi connectivity index (χ4n) is 2.14. The number of carboxylic acids is 1. The summed E-state index contributed by atoms with van der Waals surface area (Å²) in [5.41, 5.74) is 1.24. The minimum atomic E-state index is -0.965. The summed E-state index contributed by atoms with van der Waals surface area (Å²) in [4.78, 5) is 15.5. The maximum Gasteiger partial charge on any atom is 0.309 e. The summed E-state index contributed by atoms with van der Waals surface area (Å²) < 4.78 is 11.0. The molecule has 3 aromatic rings. The van der Waals surface area contributed by atoms with Gasteiger partial charge in [0.15, 0.2) is 0 Å². The number of aliphatic carboxylic acids is 1. The molecule has 0 atom stereocenters. The normalized spacial score (nSPS) is 10.5. The fraction of sp³-hybridized carbons (Fsp3) is 0.111. The molecule has 0 aliphatic heterocycles. The molecule has 0 amide bonds. The Morgan fingerprint density at radius 3 is 2.36 bits per heavy atom. The van der Waals surface area contributed by atoms with Gasteiger partial charge < -0.3 is 14.6 Å². The average Bonchev–Trinajstić information content (AvgIpc) is 2.98. The van der Waals surface area contributed by atoms with E-state index in [0.29, 0.717) is 32.3 Å². The predicted octanol–water partition coefficient (Wildman–Crippen LogP) is 4.89. The lowest BCUT2D eigenvalue weighted by molar-refractivity contribution is -0.136. The van der Waals surface area contributed by atoms with Gasteiger partial charge in [-0.25, -0.2) is 4.98 Å². The van der Waals surface area contributed by atoms with E-state index in [2.05, 4.69) is 4.98 Å². The average molecular weight is 376 g/mol. The molecule has 0 saturated carbocycles. The molecule has 1 N–H and O–H groups in total. The van der Waals surface area contributed by atoms with Gasteiger partial charge in [-0.15, -0.1) is 0 Å². The lowest BCUT2D eigenvalue weighted by Gasteiger charge is -2.05. The van der Waals surface area contributed by atoms with Crippen molar-refractivity contribution in [3.05, 3.63) is 59.2 Å². The third-order valence-corrected chi connectivity index (χ3v) is 4.62. The summed E-state index contributed by atoms with van der Waals surface area (Å²) in [7, 11) is 1.59. The monoisotopic (exact) mass is 375 g/mol. The molecule has 0 radical (unpaired) electrons. The van der Waals surface area contributed by atoms with Gasteiger partial charge in [0.25, 0.3) is 0 Å². The van der Waals surface area contributed by atoms with Gasteiger partial charge in [-0.1, -0.05) is 35.1 Å². The lowest BCUT2D eigenvalue weighted by atomic mass is 10.2. The van der Waals surface area contributed by atoms with E-state index in [9.17, 15) is 4.79 Å². The summed E-state index contributed by atoms with van der Waals surface area (Å²) in [6.07, 6.45) is -0.213. The van der Waals surface area contributed by atoms with E-state index in [0.717, 1.165) is 5.56 Å². The second-order valence-corrected chi connectivity index (χ2v) is 6.51. The van der Waals surface area contributed by atoms with Gasteiger partial charge >= 0.3 is 5.97 Å². The fourth-order valence-corrected chi connectivity index (χ4v) is 3.22. The van der Waals surface area contributed by atoms with Crippen molar-refractivity contribution in [3.63, 3.8) is 0 Å². The van der Waals surface area contributed by atoms with Crippen LogP contribution in [-0.4, -0.2) is 23.2 Å². The third kappa shape index (κ3) is 4.29. The van der Waals surface area contributed by atoms with E-state index in [1.165, 1.54) is 11.3 Å². The van der Waals surface area contributed by atoms with Crippen molar-refractivity contribution in [3.8, 4) is 27.1 Å². The zero-order valence-corrected chi connectivity index (χ0v) is 14.8. The molecule has 0 unspecified atom stereocenters. The van der Waals surface area contributed by atoms with Crippen molar-refractivity contribution < 1.29 is 19.4 Å². The van der Waals surface area contributed by atoms with Crippen molar-refractivity contribution in [1.82, 2.24) is 4.98 Å². The minimum Gasteiger partial charge on any atom is -0.497 e. The summed E-state index contributed by atoms with van der Waals surface area (Å²) >= 11 is 7.20. The van der Waals surface area contributed by atoms with E-state index in [-0.39, 0.29) is 6.42 Å². The minimum absolute atomic E-state index is 0.213. The highest BCUT2D eigenvalue weighted by Gasteiger charge is 2.17. The molecule has 0 spiro atoms. The Balaban J connectivity index is 1.92. The molecule has 0 fully saturated rings. The number of carboxylic acid groups (broad SMARTS) is 1. The van der Waals surface area contributed by atoms with Crippen LogP contribution in [-0.2, 0) is 11.2 Å². The number of carbonyl (C=O) groups is 1. The van der Waals surface area contributed by atoms with Crippen LogP contribution in [0.25, 0.3) is 10.6 Å². The van der Waals surface area contributed by atoms with Crippen molar-refractivity contribution in [2.24, 2.45) is 0 Å². The molecule has 7 heteroatoms. The summed E-state index contributed by atoms with van der Waals surface area (Å²) in [5, 5.41) is 10.9. The molecule has 0 saturated heterocycles. The number of hydrogen-bond donors (Lipinski definition) is 1. The Bertz CT molecular complexity index is 875. The number of thiazole rings is 1. The van der Waals surface area contributed by atoms with Gasteiger partial charge in [-0.2, -0.15) is 0 Å². The summed E-state index contributed by atoms with van der Waals surface area (Å²) in [6, 6.07) is 14.3. The maximum atomic E-state index is 11.1. The topological polar surface area (TPSA) is 68.7 Å². The first-order chi connectivity index (χ1) is 12.0. The summed E-state index contributed by atoms with van der Waals surface area (Å²) in [5.74, 6) is 0.329. The standard InChI is InChI=1S/C18H14ClNO4S/c1-23-13-6-8-14(9-7-13)24-18-15(10-16(21)22)20-17(25-18)11-2-4-12(19)5-3-11/h2-9H,10H2,1H3,(H,21,22). The highest BCUT2D eigenvalue weighted by atomic mass is 35.5. The Kier molecular flexibility index (Phi) is 5.21. The van der Waals surface area contributed by atoms with Crippen molar-refractivity contribution in [1.29, 1.82) is 0 Å². The Morgan fingerprint density at radius 2 is 1.76 bits per heavy atom. The lowest BCUT2D eigenvalue weighted by Crippen LogP contribution is -2.01.